The summed E-state index contributed by atoms with van der Waals surface area (Å²) in [4.78, 5) is 37.3. The number of rotatable bonds is 7. The van der Waals surface area contributed by atoms with Crippen LogP contribution in [0.1, 0.15) is 0 Å². The van der Waals surface area contributed by atoms with Crippen molar-refractivity contribution < 1.29 is 23.9 Å². The second kappa shape index (κ2) is 9.62. The number of carbonyl (C=O) groups is 3. The molecule has 110 valence electrons. The molecule has 1 amide bonds. The standard InChI is InChI=1S/C11H20N2O5S/c1-12(2)5-6-19-11(16)13(7-9(14)17-3)8-10(15)18-4/h5-8H2,1-4H3. The molecule has 8 heteroatoms. The van der Waals surface area contributed by atoms with E-state index in [1.54, 1.807) is 0 Å². The van der Waals surface area contributed by atoms with Gasteiger partial charge in [0.25, 0.3) is 5.24 Å². The van der Waals surface area contributed by atoms with E-state index in [1.165, 1.54) is 14.2 Å². The first-order valence-electron chi connectivity index (χ1n) is 5.60. The molecule has 0 saturated heterocycles. The van der Waals surface area contributed by atoms with Crippen molar-refractivity contribution >= 4 is 28.9 Å². The van der Waals surface area contributed by atoms with E-state index < -0.39 is 11.9 Å². The summed E-state index contributed by atoms with van der Waals surface area (Å²) in [5, 5.41) is -0.349. The molecule has 0 radical (unpaired) electrons. The number of nitrogens with zero attached hydrogens (tertiary/aromatic N) is 2. The summed E-state index contributed by atoms with van der Waals surface area (Å²) < 4.78 is 8.97. The summed E-state index contributed by atoms with van der Waals surface area (Å²) in [7, 11) is 6.24. The first kappa shape index (κ1) is 17.7. The molecular weight excluding hydrogens is 272 g/mol. The molecule has 0 N–H and O–H groups in total. The third kappa shape index (κ3) is 8.44. The molecule has 0 spiro atoms. The molecule has 0 heterocycles. The minimum Gasteiger partial charge on any atom is -0.468 e. The Labute approximate surface area is 117 Å². The highest BCUT2D eigenvalue weighted by Crippen LogP contribution is 2.09. The summed E-state index contributed by atoms with van der Waals surface area (Å²) >= 11 is 1.05. The number of esters is 2. The van der Waals surface area contributed by atoms with E-state index in [4.69, 9.17) is 0 Å². The first-order chi connectivity index (χ1) is 8.90. The van der Waals surface area contributed by atoms with Gasteiger partial charge in [0, 0.05) is 12.3 Å². The maximum Gasteiger partial charge on any atom is 0.325 e. The van der Waals surface area contributed by atoms with Crippen LogP contribution < -0.4 is 0 Å². The van der Waals surface area contributed by atoms with Gasteiger partial charge >= 0.3 is 11.9 Å². The van der Waals surface area contributed by atoms with Crippen LogP contribution in [-0.4, -0.2) is 80.7 Å². The summed E-state index contributed by atoms with van der Waals surface area (Å²) in [6, 6.07) is 0. The number of hydrogen-bond donors (Lipinski definition) is 0. The topological polar surface area (TPSA) is 76.1 Å². The molecule has 0 aliphatic rings. The van der Waals surface area contributed by atoms with Gasteiger partial charge in [0.2, 0.25) is 0 Å². The van der Waals surface area contributed by atoms with Crippen molar-refractivity contribution in [1.82, 2.24) is 9.80 Å². The molecule has 0 aliphatic heterocycles. The predicted molar refractivity (Wildman–Crippen MR) is 72.0 cm³/mol. The average molecular weight is 292 g/mol. The van der Waals surface area contributed by atoms with E-state index >= 15 is 0 Å². The molecule has 0 aliphatic carbocycles. The fraction of sp³-hybridized carbons (Fsp3) is 0.727. The van der Waals surface area contributed by atoms with E-state index in [0.717, 1.165) is 23.2 Å². The lowest BCUT2D eigenvalue weighted by molar-refractivity contribution is -0.144. The smallest absolute Gasteiger partial charge is 0.325 e. The largest absolute Gasteiger partial charge is 0.468 e. The van der Waals surface area contributed by atoms with E-state index in [9.17, 15) is 14.4 Å². The second-order valence-corrected chi connectivity index (χ2v) is 4.97. The van der Waals surface area contributed by atoms with Gasteiger partial charge in [-0.05, 0) is 14.1 Å². The van der Waals surface area contributed by atoms with Crippen LogP contribution >= 0.6 is 11.8 Å². The first-order valence-corrected chi connectivity index (χ1v) is 6.59. The van der Waals surface area contributed by atoms with Crippen molar-refractivity contribution in [1.29, 1.82) is 0 Å². The molecule has 0 saturated carbocycles. The lowest BCUT2D eigenvalue weighted by Gasteiger charge is -2.19. The lowest BCUT2D eigenvalue weighted by Crippen LogP contribution is -2.38. The van der Waals surface area contributed by atoms with Gasteiger partial charge in [0.05, 0.1) is 14.2 Å². The zero-order chi connectivity index (χ0) is 14.8. The van der Waals surface area contributed by atoms with Gasteiger partial charge in [-0.2, -0.15) is 0 Å². The van der Waals surface area contributed by atoms with Gasteiger partial charge in [0.15, 0.2) is 0 Å². The number of carbonyl (C=O) groups excluding carboxylic acids is 3. The van der Waals surface area contributed by atoms with Crippen LogP contribution in [0, 0.1) is 0 Å². The monoisotopic (exact) mass is 292 g/mol. The molecule has 0 fully saturated rings. The molecule has 0 aromatic heterocycles. The van der Waals surface area contributed by atoms with Crippen LogP contribution in [0.4, 0.5) is 4.79 Å². The highest BCUT2D eigenvalue weighted by molar-refractivity contribution is 8.13. The van der Waals surface area contributed by atoms with E-state index in [0.29, 0.717) is 5.75 Å². The molecule has 0 aromatic carbocycles. The van der Waals surface area contributed by atoms with Crippen LogP contribution in [0.15, 0.2) is 0 Å². The normalized spacial score (nSPS) is 10.2. The van der Waals surface area contributed by atoms with Crippen molar-refractivity contribution in [2.24, 2.45) is 0 Å². The summed E-state index contributed by atoms with van der Waals surface area (Å²) in [6.07, 6.45) is 0. The van der Waals surface area contributed by atoms with Crippen molar-refractivity contribution in [3.05, 3.63) is 0 Å². The number of amides is 1. The van der Waals surface area contributed by atoms with Gasteiger partial charge in [-0.3, -0.25) is 14.4 Å². The number of methoxy groups -OCH3 is 2. The van der Waals surface area contributed by atoms with Crippen LogP contribution in [0.3, 0.4) is 0 Å². The molecule has 7 nitrogen and oxygen atoms in total. The van der Waals surface area contributed by atoms with Crippen molar-refractivity contribution in [2.75, 3.05) is 53.7 Å². The molecule has 0 rings (SSSR count). The van der Waals surface area contributed by atoms with Gasteiger partial charge in [0.1, 0.15) is 13.1 Å². The fourth-order valence-electron chi connectivity index (χ4n) is 1.03. The Hall–Kier alpha value is -1.28. The zero-order valence-electron chi connectivity index (χ0n) is 11.7. The van der Waals surface area contributed by atoms with Gasteiger partial charge in [-0.15, -0.1) is 0 Å². The Morgan fingerprint density at radius 1 is 1.00 bits per heavy atom. The maximum atomic E-state index is 11.9. The van der Waals surface area contributed by atoms with E-state index in [-0.39, 0.29) is 18.3 Å². The summed E-state index contributed by atoms with van der Waals surface area (Å²) in [5.74, 6) is -0.582. The summed E-state index contributed by atoms with van der Waals surface area (Å²) in [5.41, 5.74) is 0. The number of ether oxygens (including phenoxy) is 2. The molecule has 0 bridgehead atoms. The number of hydrogen-bond acceptors (Lipinski definition) is 7. The van der Waals surface area contributed by atoms with Crippen LogP contribution in [0.5, 0.6) is 0 Å². The van der Waals surface area contributed by atoms with E-state index in [1.807, 2.05) is 19.0 Å². The second-order valence-electron chi connectivity index (χ2n) is 3.93. The fourth-order valence-corrected chi connectivity index (χ4v) is 1.98. The Morgan fingerprint density at radius 2 is 1.47 bits per heavy atom. The molecule has 19 heavy (non-hydrogen) atoms. The van der Waals surface area contributed by atoms with Gasteiger partial charge in [-0.1, -0.05) is 11.8 Å². The minimum absolute atomic E-state index is 0.264. The minimum atomic E-state index is -0.578. The lowest BCUT2D eigenvalue weighted by atomic mass is 10.5. The Balaban J connectivity index is 4.40. The van der Waals surface area contributed by atoms with Gasteiger partial charge < -0.3 is 19.3 Å². The Morgan fingerprint density at radius 3 is 1.84 bits per heavy atom. The molecule has 0 aromatic rings. The number of thioether (sulfide) groups is 1. The highest BCUT2D eigenvalue weighted by atomic mass is 32.2. The third-order valence-electron chi connectivity index (χ3n) is 2.12. The zero-order valence-corrected chi connectivity index (χ0v) is 12.5. The van der Waals surface area contributed by atoms with Crippen LogP contribution in [0.2, 0.25) is 0 Å². The van der Waals surface area contributed by atoms with Crippen LogP contribution in [0.25, 0.3) is 0 Å². The molecule has 0 unspecified atom stereocenters. The van der Waals surface area contributed by atoms with Crippen LogP contribution in [-0.2, 0) is 19.1 Å². The maximum absolute atomic E-state index is 11.9. The van der Waals surface area contributed by atoms with Gasteiger partial charge in [-0.25, -0.2) is 0 Å². The van der Waals surface area contributed by atoms with Crippen molar-refractivity contribution in [3.8, 4) is 0 Å². The Bertz CT molecular complexity index is 304. The Kier molecular flexibility index (Phi) is 8.98. The SMILES string of the molecule is COC(=O)CN(CC(=O)OC)C(=O)SCCN(C)C. The van der Waals surface area contributed by atoms with Crippen molar-refractivity contribution in [2.45, 2.75) is 0 Å². The average Bonchev–Trinajstić information content (AvgIpc) is 2.36. The van der Waals surface area contributed by atoms with Crippen molar-refractivity contribution in [3.63, 3.8) is 0 Å². The predicted octanol–water partition coefficient (Wildman–Crippen LogP) is 0.0492. The van der Waals surface area contributed by atoms with E-state index in [2.05, 4.69) is 9.47 Å². The third-order valence-corrected chi connectivity index (χ3v) is 3.01. The molecular formula is C11H20N2O5S. The quantitative estimate of drug-likeness (QED) is 0.614. The summed E-state index contributed by atoms with van der Waals surface area (Å²) in [6.45, 7) is 0.194. The molecule has 0 atom stereocenters. The highest BCUT2D eigenvalue weighted by Gasteiger charge is 2.21.